The molecule has 2 aromatic carbocycles. The van der Waals surface area contributed by atoms with Crippen LogP contribution in [0.15, 0.2) is 67.0 Å². The highest BCUT2D eigenvalue weighted by atomic mass is 35.5. The number of nitrogens with zero attached hydrogens (tertiary/aromatic N) is 3. The summed E-state index contributed by atoms with van der Waals surface area (Å²) in [5.41, 5.74) is 3.92. The molecule has 0 saturated carbocycles. The van der Waals surface area contributed by atoms with Crippen LogP contribution in [0, 0.1) is 11.8 Å². The maximum atomic E-state index is 11.7. The fraction of sp³-hybridized carbons (Fsp3) is 0.0435. The van der Waals surface area contributed by atoms with Gasteiger partial charge in [-0.05, 0) is 42.5 Å². The van der Waals surface area contributed by atoms with Gasteiger partial charge >= 0.3 is 5.97 Å². The standard InChI is InChI=1S/C23H15ClN4O2/c1-30-23(29)17-7-4-5-15(13-17)9-10-16-6-2-3-8-18(16)27-22-21-19(25-14-26-22)11-12-20(24)28-21/h2-8,11-14H,1H3,(H,25,26,27). The van der Waals surface area contributed by atoms with E-state index in [1.54, 1.807) is 30.3 Å². The molecule has 0 radical (unpaired) electrons. The Balaban J connectivity index is 1.68. The largest absolute Gasteiger partial charge is 0.465 e. The van der Waals surface area contributed by atoms with Gasteiger partial charge in [-0.1, -0.05) is 41.6 Å². The number of para-hydroxylation sites is 1. The van der Waals surface area contributed by atoms with E-state index in [-0.39, 0.29) is 0 Å². The predicted octanol–water partition coefficient (Wildman–Crippen LogP) is 4.61. The van der Waals surface area contributed by atoms with Crippen LogP contribution in [0.3, 0.4) is 0 Å². The van der Waals surface area contributed by atoms with Crippen molar-refractivity contribution in [2.24, 2.45) is 0 Å². The molecule has 0 atom stereocenters. The van der Waals surface area contributed by atoms with E-state index < -0.39 is 5.97 Å². The van der Waals surface area contributed by atoms with Gasteiger partial charge in [0.05, 0.1) is 23.9 Å². The second kappa shape index (κ2) is 8.60. The van der Waals surface area contributed by atoms with Crippen LogP contribution in [-0.2, 0) is 4.74 Å². The van der Waals surface area contributed by atoms with Crippen LogP contribution in [-0.4, -0.2) is 28.0 Å². The molecule has 146 valence electrons. The van der Waals surface area contributed by atoms with E-state index in [1.165, 1.54) is 13.4 Å². The van der Waals surface area contributed by atoms with Gasteiger partial charge in [-0.3, -0.25) is 0 Å². The Morgan fingerprint density at radius 3 is 2.77 bits per heavy atom. The number of carbonyl (C=O) groups is 1. The number of ether oxygens (including phenoxy) is 1. The van der Waals surface area contributed by atoms with Gasteiger partial charge in [-0.15, -0.1) is 0 Å². The van der Waals surface area contributed by atoms with Crippen molar-refractivity contribution in [2.45, 2.75) is 0 Å². The van der Waals surface area contributed by atoms with Gasteiger partial charge in [-0.2, -0.15) is 0 Å². The number of fused-ring (bicyclic) bond motifs is 1. The average Bonchev–Trinajstić information content (AvgIpc) is 2.78. The Bertz CT molecular complexity index is 1310. The lowest BCUT2D eigenvalue weighted by Gasteiger charge is -2.09. The van der Waals surface area contributed by atoms with E-state index in [1.807, 2.05) is 30.3 Å². The summed E-state index contributed by atoms with van der Waals surface area (Å²) in [5, 5.41) is 3.63. The fourth-order valence-corrected chi connectivity index (χ4v) is 2.97. The number of esters is 1. The molecule has 0 aliphatic carbocycles. The first-order chi connectivity index (χ1) is 14.6. The smallest absolute Gasteiger partial charge is 0.337 e. The molecule has 30 heavy (non-hydrogen) atoms. The summed E-state index contributed by atoms with van der Waals surface area (Å²) >= 11 is 6.04. The van der Waals surface area contributed by atoms with Crippen LogP contribution in [0.2, 0.25) is 5.15 Å². The van der Waals surface area contributed by atoms with Crippen molar-refractivity contribution in [1.29, 1.82) is 0 Å². The third-order valence-corrected chi connectivity index (χ3v) is 4.46. The van der Waals surface area contributed by atoms with Gasteiger partial charge in [0.15, 0.2) is 5.82 Å². The Morgan fingerprint density at radius 2 is 1.90 bits per heavy atom. The van der Waals surface area contributed by atoms with Gasteiger partial charge in [0.25, 0.3) is 0 Å². The molecule has 1 N–H and O–H groups in total. The van der Waals surface area contributed by atoms with Crippen LogP contribution in [0.1, 0.15) is 21.5 Å². The molecule has 7 heteroatoms. The second-order valence-corrected chi connectivity index (χ2v) is 6.60. The van der Waals surface area contributed by atoms with Crippen molar-refractivity contribution in [2.75, 3.05) is 12.4 Å². The summed E-state index contributed by atoms with van der Waals surface area (Å²) in [7, 11) is 1.35. The first-order valence-corrected chi connectivity index (χ1v) is 9.35. The Labute approximate surface area is 177 Å². The number of anilines is 2. The first-order valence-electron chi connectivity index (χ1n) is 8.98. The number of aromatic nitrogens is 3. The highest BCUT2D eigenvalue weighted by Gasteiger charge is 2.08. The first kappa shape index (κ1) is 19.4. The molecule has 2 heterocycles. The van der Waals surface area contributed by atoms with Crippen LogP contribution in [0.5, 0.6) is 0 Å². The van der Waals surface area contributed by atoms with E-state index in [0.29, 0.717) is 33.1 Å². The predicted molar refractivity (Wildman–Crippen MR) is 116 cm³/mol. The summed E-state index contributed by atoms with van der Waals surface area (Å²) in [6.07, 6.45) is 1.47. The van der Waals surface area contributed by atoms with E-state index in [0.717, 1.165) is 11.3 Å². The number of rotatable bonds is 3. The lowest BCUT2D eigenvalue weighted by Crippen LogP contribution is -2.01. The van der Waals surface area contributed by atoms with Crippen LogP contribution in [0.25, 0.3) is 11.0 Å². The molecular formula is C23H15ClN4O2. The van der Waals surface area contributed by atoms with Crippen molar-refractivity contribution >= 4 is 40.1 Å². The second-order valence-electron chi connectivity index (χ2n) is 6.22. The van der Waals surface area contributed by atoms with Crippen molar-refractivity contribution in [1.82, 2.24) is 15.0 Å². The minimum absolute atomic E-state index is 0.360. The molecule has 0 amide bonds. The third kappa shape index (κ3) is 4.22. The average molecular weight is 415 g/mol. The van der Waals surface area contributed by atoms with Crippen molar-refractivity contribution in [3.63, 3.8) is 0 Å². The van der Waals surface area contributed by atoms with E-state index in [2.05, 4.69) is 32.1 Å². The van der Waals surface area contributed by atoms with Crippen molar-refractivity contribution in [3.05, 3.63) is 88.8 Å². The summed E-state index contributed by atoms with van der Waals surface area (Å²) in [6, 6.07) is 18.0. The topological polar surface area (TPSA) is 77.0 Å². The minimum Gasteiger partial charge on any atom is -0.465 e. The number of hydrogen-bond acceptors (Lipinski definition) is 6. The number of carbonyl (C=O) groups excluding carboxylic acids is 1. The third-order valence-electron chi connectivity index (χ3n) is 4.25. The molecule has 0 fully saturated rings. The lowest BCUT2D eigenvalue weighted by molar-refractivity contribution is 0.0600. The number of halogens is 1. The van der Waals surface area contributed by atoms with E-state index in [4.69, 9.17) is 16.3 Å². The molecule has 0 aliphatic heterocycles. The monoisotopic (exact) mass is 414 g/mol. The van der Waals surface area contributed by atoms with E-state index in [9.17, 15) is 4.79 Å². The van der Waals surface area contributed by atoms with Gasteiger partial charge in [-0.25, -0.2) is 19.7 Å². The maximum absolute atomic E-state index is 11.7. The Kier molecular flexibility index (Phi) is 5.55. The molecular weight excluding hydrogens is 400 g/mol. The van der Waals surface area contributed by atoms with Crippen LogP contribution in [0.4, 0.5) is 11.5 Å². The maximum Gasteiger partial charge on any atom is 0.337 e. The Morgan fingerprint density at radius 1 is 1.03 bits per heavy atom. The lowest BCUT2D eigenvalue weighted by atomic mass is 10.1. The molecule has 0 spiro atoms. The number of benzene rings is 2. The normalized spacial score (nSPS) is 10.2. The zero-order valence-electron chi connectivity index (χ0n) is 15.9. The molecule has 0 unspecified atom stereocenters. The molecule has 0 aliphatic rings. The summed E-state index contributed by atoms with van der Waals surface area (Å²) in [6.45, 7) is 0. The van der Waals surface area contributed by atoms with Gasteiger partial charge < -0.3 is 10.1 Å². The number of nitrogens with one attached hydrogen (secondary N) is 1. The summed E-state index contributed by atoms with van der Waals surface area (Å²) < 4.78 is 4.76. The Hall–Kier alpha value is -3.95. The van der Waals surface area contributed by atoms with Crippen molar-refractivity contribution in [3.8, 4) is 11.8 Å². The van der Waals surface area contributed by atoms with Crippen molar-refractivity contribution < 1.29 is 9.53 Å². The van der Waals surface area contributed by atoms with Crippen LogP contribution >= 0.6 is 11.6 Å². The molecule has 4 rings (SSSR count). The van der Waals surface area contributed by atoms with E-state index >= 15 is 0 Å². The summed E-state index contributed by atoms with van der Waals surface area (Å²) in [5.74, 6) is 6.36. The quantitative estimate of drug-likeness (QED) is 0.300. The number of hydrogen-bond donors (Lipinski definition) is 1. The molecule has 4 aromatic rings. The molecule has 0 bridgehead atoms. The van der Waals surface area contributed by atoms with Gasteiger partial charge in [0, 0.05) is 11.1 Å². The minimum atomic E-state index is -0.400. The zero-order chi connectivity index (χ0) is 20.9. The van der Waals surface area contributed by atoms with Crippen LogP contribution < -0.4 is 5.32 Å². The highest BCUT2D eigenvalue weighted by molar-refractivity contribution is 6.29. The number of methoxy groups -OCH3 is 1. The molecule has 6 nitrogen and oxygen atoms in total. The SMILES string of the molecule is COC(=O)c1cccc(C#Cc2ccccc2Nc2ncnc3ccc(Cl)nc23)c1. The fourth-order valence-electron chi connectivity index (χ4n) is 2.82. The summed E-state index contributed by atoms with van der Waals surface area (Å²) in [4.78, 5) is 24.6. The zero-order valence-corrected chi connectivity index (χ0v) is 16.6. The highest BCUT2D eigenvalue weighted by Crippen LogP contribution is 2.24. The molecule has 2 aromatic heterocycles. The van der Waals surface area contributed by atoms with Gasteiger partial charge in [0.2, 0.25) is 0 Å². The molecule has 0 saturated heterocycles. The number of pyridine rings is 1. The van der Waals surface area contributed by atoms with Gasteiger partial charge in [0.1, 0.15) is 17.0 Å².